The summed E-state index contributed by atoms with van der Waals surface area (Å²) < 4.78 is 19.6. The number of benzene rings is 2. The summed E-state index contributed by atoms with van der Waals surface area (Å²) in [7, 11) is 0. The molecule has 2 saturated heterocycles. The fourth-order valence-electron chi connectivity index (χ4n) is 4.01. The lowest BCUT2D eigenvalue weighted by Gasteiger charge is -2.36. The van der Waals surface area contributed by atoms with E-state index < -0.39 is 18.4 Å². The molecule has 3 amide bonds. The summed E-state index contributed by atoms with van der Waals surface area (Å²) in [6, 6.07) is 10.2. The van der Waals surface area contributed by atoms with Crippen molar-refractivity contribution in [2.75, 3.05) is 42.7 Å². The second-order valence-electron chi connectivity index (χ2n) is 8.48. The molecule has 0 spiro atoms. The second-order valence-corrected chi connectivity index (χ2v) is 8.48. The molecule has 0 aliphatic carbocycles. The van der Waals surface area contributed by atoms with Crippen LogP contribution in [0.4, 0.5) is 15.8 Å². The molecule has 2 aliphatic heterocycles. The Bertz CT molecular complexity index is 1210. The van der Waals surface area contributed by atoms with Gasteiger partial charge in [0.25, 0.3) is 5.91 Å². The summed E-state index contributed by atoms with van der Waals surface area (Å²) >= 11 is 0. The Hall–Kier alpha value is -4.28. The molecule has 188 valence electrons. The average molecular weight is 496 g/mol. The number of carbonyl (C=O) groups is 5. The van der Waals surface area contributed by atoms with E-state index >= 15 is 0 Å². The normalized spacial score (nSPS) is 16.0. The van der Waals surface area contributed by atoms with Gasteiger partial charge in [-0.2, -0.15) is 0 Å². The highest BCUT2D eigenvalue weighted by molar-refractivity contribution is 6.01. The predicted octanol–water partition coefficient (Wildman–Crippen LogP) is 1.69. The van der Waals surface area contributed by atoms with Gasteiger partial charge < -0.3 is 14.5 Å². The van der Waals surface area contributed by atoms with Crippen molar-refractivity contribution in [3.05, 3.63) is 59.4 Å². The van der Waals surface area contributed by atoms with Gasteiger partial charge in [0.15, 0.2) is 12.4 Å². The maximum Gasteiger partial charge on any atom is 0.338 e. The van der Waals surface area contributed by atoms with Crippen LogP contribution in [0, 0.1) is 5.82 Å². The number of hydrogen-bond donors (Lipinski definition) is 1. The van der Waals surface area contributed by atoms with Gasteiger partial charge in [-0.25, -0.2) is 14.2 Å². The minimum atomic E-state index is -0.699. The van der Waals surface area contributed by atoms with E-state index in [0.29, 0.717) is 43.1 Å². The molecule has 0 atom stereocenters. The Balaban J connectivity index is 1.26. The topological polar surface area (TPSA) is 116 Å². The van der Waals surface area contributed by atoms with Crippen molar-refractivity contribution < 1.29 is 33.1 Å². The second kappa shape index (κ2) is 10.5. The van der Waals surface area contributed by atoms with Gasteiger partial charge in [0, 0.05) is 44.6 Å². The van der Waals surface area contributed by atoms with Crippen molar-refractivity contribution >= 4 is 40.8 Å². The average Bonchev–Trinajstić information content (AvgIpc) is 2.88. The number of anilines is 2. The number of ketones is 1. The minimum absolute atomic E-state index is 0.104. The Morgan fingerprint density at radius 3 is 2.25 bits per heavy atom. The van der Waals surface area contributed by atoms with Gasteiger partial charge in [-0.05, 0) is 49.4 Å². The van der Waals surface area contributed by atoms with Crippen molar-refractivity contribution in [1.82, 2.24) is 10.3 Å². The summed E-state index contributed by atoms with van der Waals surface area (Å²) in [4.78, 5) is 63.2. The maximum atomic E-state index is 14.4. The first-order valence-corrected chi connectivity index (χ1v) is 11.5. The number of hydrazine groups is 1. The van der Waals surface area contributed by atoms with E-state index in [4.69, 9.17) is 4.74 Å². The van der Waals surface area contributed by atoms with Crippen LogP contribution in [0.5, 0.6) is 0 Å². The Kier molecular flexibility index (Phi) is 7.28. The molecule has 2 fully saturated rings. The first kappa shape index (κ1) is 24.8. The van der Waals surface area contributed by atoms with E-state index in [1.54, 1.807) is 21.9 Å². The molecular weight excluding hydrogens is 471 g/mol. The first-order chi connectivity index (χ1) is 17.2. The van der Waals surface area contributed by atoms with Crippen LogP contribution >= 0.6 is 0 Å². The SMILES string of the molecule is CC(=O)c1ccc(N2CCN(C(=O)COC(=O)c3ccc(N4NC(=O)CCC4=O)cc3)CC2)c(F)c1. The summed E-state index contributed by atoms with van der Waals surface area (Å²) in [5.41, 5.74) is 3.74. The highest BCUT2D eigenvalue weighted by Crippen LogP contribution is 2.23. The maximum absolute atomic E-state index is 14.4. The van der Waals surface area contributed by atoms with Crippen LogP contribution < -0.4 is 15.3 Å². The van der Waals surface area contributed by atoms with Crippen LogP contribution in [0.3, 0.4) is 0 Å². The van der Waals surface area contributed by atoms with Crippen LogP contribution in [0.25, 0.3) is 0 Å². The van der Waals surface area contributed by atoms with Crippen LogP contribution in [-0.2, 0) is 19.1 Å². The summed E-state index contributed by atoms with van der Waals surface area (Å²) in [6.07, 6.45) is 0.237. The van der Waals surface area contributed by atoms with Crippen molar-refractivity contribution in [3.8, 4) is 0 Å². The monoisotopic (exact) mass is 496 g/mol. The van der Waals surface area contributed by atoms with Gasteiger partial charge in [-0.1, -0.05) is 0 Å². The third kappa shape index (κ3) is 5.51. The highest BCUT2D eigenvalue weighted by Gasteiger charge is 2.26. The molecule has 10 nitrogen and oxygen atoms in total. The molecular formula is C25H25FN4O6. The number of halogens is 1. The van der Waals surface area contributed by atoms with Gasteiger partial charge in [0.05, 0.1) is 16.9 Å². The van der Waals surface area contributed by atoms with Gasteiger partial charge in [-0.15, -0.1) is 0 Å². The van der Waals surface area contributed by atoms with Crippen LogP contribution in [0.1, 0.15) is 40.5 Å². The molecule has 1 N–H and O–H groups in total. The lowest BCUT2D eigenvalue weighted by Crippen LogP contribution is -2.50. The molecule has 11 heteroatoms. The summed E-state index contributed by atoms with van der Waals surface area (Å²) in [5.74, 6) is -2.30. The van der Waals surface area contributed by atoms with Crippen molar-refractivity contribution in [1.29, 1.82) is 0 Å². The fourth-order valence-corrected chi connectivity index (χ4v) is 4.01. The number of amides is 3. The van der Waals surface area contributed by atoms with E-state index in [-0.39, 0.29) is 41.9 Å². The number of nitrogens with zero attached hydrogens (tertiary/aromatic N) is 3. The van der Waals surface area contributed by atoms with Gasteiger partial charge in [0.2, 0.25) is 11.8 Å². The molecule has 0 unspecified atom stereocenters. The number of piperazine rings is 1. The number of esters is 1. The molecule has 2 aliphatic rings. The molecule has 2 aromatic rings. The number of nitrogens with one attached hydrogen (secondary N) is 1. The predicted molar refractivity (Wildman–Crippen MR) is 127 cm³/mol. The fraction of sp³-hybridized carbons (Fsp3) is 0.320. The van der Waals surface area contributed by atoms with E-state index in [0.717, 1.165) is 5.01 Å². The number of hydrogen-bond acceptors (Lipinski definition) is 7. The van der Waals surface area contributed by atoms with Crippen LogP contribution in [0.2, 0.25) is 0 Å². The zero-order valence-electron chi connectivity index (χ0n) is 19.7. The van der Waals surface area contributed by atoms with E-state index in [1.807, 2.05) is 0 Å². The zero-order chi connectivity index (χ0) is 25.8. The minimum Gasteiger partial charge on any atom is -0.452 e. The van der Waals surface area contributed by atoms with Gasteiger partial charge in [0.1, 0.15) is 5.82 Å². The lowest BCUT2D eigenvalue weighted by molar-refractivity contribution is -0.134. The smallest absolute Gasteiger partial charge is 0.338 e. The number of carbonyl (C=O) groups excluding carboxylic acids is 5. The van der Waals surface area contributed by atoms with Crippen molar-refractivity contribution in [2.45, 2.75) is 19.8 Å². The summed E-state index contributed by atoms with van der Waals surface area (Å²) in [6.45, 7) is 2.37. The largest absolute Gasteiger partial charge is 0.452 e. The zero-order valence-corrected chi connectivity index (χ0v) is 19.7. The van der Waals surface area contributed by atoms with Crippen LogP contribution in [-0.4, -0.2) is 67.2 Å². The molecule has 0 bridgehead atoms. The van der Waals surface area contributed by atoms with Crippen LogP contribution in [0.15, 0.2) is 42.5 Å². The van der Waals surface area contributed by atoms with Gasteiger partial charge >= 0.3 is 5.97 Å². The Labute approximate surface area is 206 Å². The Morgan fingerprint density at radius 2 is 1.61 bits per heavy atom. The Morgan fingerprint density at radius 1 is 0.944 bits per heavy atom. The summed E-state index contributed by atoms with van der Waals surface area (Å²) in [5, 5.41) is 1.13. The number of rotatable bonds is 6. The molecule has 2 aromatic carbocycles. The number of Topliss-reactive ketones (excluding diaryl/α,β-unsaturated/α-hetero) is 1. The molecule has 36 heavy (non-hydrogen) atoms. The number of ether oxygens (including phenoxy) is 1. The lowest BCUT2D eigenvalue weighted by atomic mass is 10.1. The standard InChI is InChI=1S/C25H25FN4O6/c1-16(31)18-4-7-21(20(26)14-18)28-10-12-29(13-11-28)24(34)15-36-25(35)17-2-5-19(6-3-17)30-23(33)9-8-22(32)27-30/h2-7,14H,8-13,15H2,1H3,(H,27,32). The van der Waals surface area contributed by atoms with Crippen molar-refractivity contribution in [2.24, 2.45) is 0 Å². The quantitative estimate of drug-likeness (QED) is 0.478. The molecule has 0 saturated carbocycles. The molecule has 0 aromatic heterocycles. The molecule has 4 rings (SSSR count). The van der Waals surface area contributed by atoms with E-state index in [2.05, 4.69) is 5.43 Å². The highest BCUT2D eigenvalue weighted by atomic mass is 19.1. The van der Waals surface area contributed by atoms with Crippen molar-refractivity contribution in [3.63, 3.8) is 0 Å². The first-order valence-electron chi connectivity index (χ1n) is 11.5. The third-order valence-electron chi connectivity index (χ3n) is 6.07. The molecule has 0 radical (unpaired) electrons. The van der Waals surface area contributed by atoms with E-state index in [9.17, 15) is 28.4 Å². The van der Waals surface area contributed by atoms with E-state index in [1.165, 1.54) is 37.3 Å². The molecule has 2 heterocycles. The van der Waals surface area contributed by atoms with Gasteiger partial charge in [-0.3, -0.25) is 24.6 Å². The third-order valence-corrected chi connectivity index (χ3v) is 6.07.